The first kappa shape index (κ1) is 21.0. The zero-order valence-electron chi connectivity index (χ0n) is 18.2. The van der Waals surface area contributed by atoms with Gasteiger partial charge in [0, 0.05) is 50.6 Å². The van der Waals surface area contributed by atoms with Gasteiger partial charge in [-0.2, -0.15) is 0 Å². The second-order valence-electron chi connectivity index (χ2n) is 8.20. The SMILES string of the molecule is CCCC[C@H](CC)C(=O)N1CCc2nc(C)nc(N3CCN(CC)CC3)c2C1. The lowest BCUT2D eigenvalue weighted by atomic mass is 9.96. The minimum atomic E-state index is 0.157. The summed E-state index contributed by atoms with van der Waals surface area (Å²) < 4.78 is 0. The molecule has 28 heavy (non-hydrogen) atoms. The second-order valence-corrected chi connectivity index (χ2v) is 8.20. The largest absolute Gasteiger partial charge is 0.354 e. The van der Waals surface area contributed by atoms with Gasteiger partial charge in [0.2, 0.25) is 5.91 Å². The van der Waals surface area contributed by atoms with Crippen LogP contribution in [0.15, 0.2) is 0 Å². The highest BCUT2D eigenvalue weighted by molar-refractivity contribution is 5.79. The van der Waals surface area contributed by atoms with Crippen molar-refractivity contribution >= 4 is 11.7 Å². The number of fused-ring (bicyclic) bond motifs is 1. The molecule has 0 aliphatic carbocycles. The Hall–Kier alpha value is -1.69. The van der Waals surface area contributed by atoms with Gasteiger partial charge in [0.25, 0.3) is 0 Å². The number of unbranched alkanes of at least 4 members (excludes halogenated alkanes) is 1. The Morgan fingerprint density at radius 2 is 1.82 bits per heavy atom. The Kier molecular flexibility index (Phi) is 7.27. The van der Waals surface area contributed by atoms with E-state index in [1.807, 2.05) is 6.92 Å². The molecular formula is C22H37N5O. The van der Waals surface area contributed by atoms with Crippen LogP contribution in [0.25, 0.3) is 0 Å². The van der Waals surface area contributed by atoms with Crippen LogP contribution < -0.4 is 4.90 Å². The maximum Gasteiger partial charge on any atom is 0.225 e. The highest BCUT2D eigenvalue weighted by Crippen LogP contribution is 2.29. The Morgan fingerprint density at radius 1 is 1.07 bits per heavy atom. The average Bonchev–Trinajstić information content (AvgIpc) is 2.73. The first-order chi connectivity index (χ1) is 13.6. The third kappa shape index (κ3) is 4.65. The van der Waals surface area contributed by atoms with Crippen molar-refractivity contribution in [1.29, 1.82) is 0 Å². The molecule has 0 spiro atoms. The number of aromatic nitrogens is 2. The second kappa shape index (κ2) is 9.68. The zero-order chi connectivity index (χ0) is 20.1. The standard InChI is InChI=1S/C22H37N5O/c1-5-8-9-18(6-2)22(28)27-11-10-20-19(16-27)21(24-17(4)23-20)26-14-12-25(7-3)13-15-26/h18H,5-16H2,1-4H3/t18-/m0/s1. The number of amides is 1. The van der Waals surface area contributed by atoms with E-state index >= 15 is 0 Å². The normalized spacial score (nSPS) is 18.9. The zero-order valence-corrected chi connectivity index (χ0v) is 18.2. The van der Waals surface area contributed by atoms with Gasteiger partial charge in [-0.1, -0.05) is 33.6 Å². The minimum Gasteiger partial charge on any atom is -0.354 e. The number of carbonyl (C=O) groups excluding carboxylic acids is 1. The van der Waals surface area contributed by atoms with Crippen molar-refractivity contribution in [3.05, 3.63) is 17.1 Å². The Bertz CT molecular complexity index is 669. The maximum atomic E-state index is 13.1. The predicted molar refractivity (Wildman–Crippen MR) is 114 cm³/mol. The van der Waals surface area contributed by atoms with Crippen LogP contribution in [0, 0.1) is 12.8 Å². The van der Waals surface area contributed by atoms with E-state index in [-0.39, 0.29) is 5.92 Å². The van der Waals surface area contributed by atoms with E-state index in [0.29, 0.717) is 12.5 Å². The summed E-state index contributed by atoms with van der Waals surface area (Å²) in [6, 6.07) is 0. The van der Waals surface area contributed by atoms with Crippen molar-refractivity contribution in [3.8, 4) is 0 Å². The van der Waals surface area contributed by atoms with Gasteiger partial charge in [-0.3, -0.25) is 4.79 Å². The van der Waals surface area contributed by atoms with Gasteiger partial charge < -0.3 is 14.7 Å². The maximum absolute atomic E-state index is 13.1. The summed E-state index contributed by atoms with van der Waals surface area (Å²) >= 11 is 0. The summed E-state index contributed by atoms with van der Waals surface area (Å²) in [7, 11) is 0. The van der Waals surface area contributed by atoms with E-state index in [1.165, 1.54) is 5.56 Å². The number of aryl methyl sites for hydroxylation is 1. The number of likely N-dealkylation sites (N-methyl/N-ethyl adjacent to an activating group) is 1. The average molecular weight is 388 g/mol. The molecule has 1 aromatic heterocycles. The van der Waals surface area contributed by atoms with Gasteiger partial charge in [0.05, 0.1) is 12.2 Å². The fourth-order valence-electron chi connectivity index (χ4n) is 4.45. The molecule has 6 heteroatoms. The molecule has 3 heterocycles. The Morgan fingerprint density at radius 3 is 2.46 bits per heavy atom. The molecule has 1 aromatic rings. The van der Waals surface area contributed by atoms with Gasteiger partial charge in [0.15, 0.2) is 0 Å². The van der Waals surface area contributed by atoms with E-state index in [4.69, 9.17) is 9.97 Å². The lowest BCUT2D eigenvalue weighted by Crippen LogP contribution is -2.47. The van der Waals surface area contributed by atoms with Crippen LogP contribution in [-0.4, -0.2) is 64.9 Å². The number of rotatable bonds is 7. The van der Waals surface area contributed by atoms with Crippen molar-refractivity contribution in [3.63, 3.8) is 0 Å². The fraction of sp³-hybridized carbons (Fsp3) is 0.773. The number of hydrogen-bond acceptors (Lipinski definition) is 5. The van der Waals surface area contributed by atoms with Crippen molar-refractivity contribution in [2.75, 3.05) is 44.2 Å². The molecule has 0 unspecified atom stereocenters. The lowest BCUT2D eigenvalue weighted by Gasteiger charge is -2.38. The number of anilines is 1. The predicted octanol–water partition coefficient (Wildman–Crippen LogP) is 3.03. The number of carbonyl (C=O) groups is 1. The van der Waals surface area contributed by atoms with Gasteiger partial charge in [0.1, 0.15) is 11.6 Å². The lowest BCUT2D eigenvalue weighted by molar-refractivity contribution is -0.136. The van der Waals surface area contributed by atoms with E-state index in [9.17, 15) is 4.79 Å². The van der Waals surface area contributed by atoms with Crippen LogP contribution in [0.3, 0.4) is 0 Å². The monoisotopic (exact) mass is 387 g/mol. The number of nitrogens with zero attached hydrogens (tertiary/aromatic N) is 5. The molecule has 3 rings (SSSR count). The molecule has 1 fully saturated rings. The summed E-state index contributed by atoms with van der Waals surface area (Å²) in [5.41, 5.74) is 2.33. The molecule has 0 bridgehead atoms. The molecule has 2 aliphatic heterocycles. The van der Waals surface area contributed by atoms with Gasteiger partial charge in [-0.15, -0.1) is 0 Å². The summed E-state index contributed by atoms with van der Waals surface area (Å²) in [4.78, 5) is 29.6. The van der Waals surface area contributed by atoms with Crippen molar-refractivity contribution in [2.24, 2.45) is 5.92 Å². The van der Waals surface area contributed by atoms with E-state index in [2.05, 4.69) is 35.5 Å². The van der Waals surface area contributed by atoms with E-state index in [0.717, 1.165) is 88.7 Å². The van der Waals surface area contributed by atoms with Gasteiger partial charge in [-0.05, 0) is 26.3 Å². The molecule has 1 atom stereocenters. The molecule has 6 nitrogen and oxygen atoms in total. The van der Waals surface area contributed by atoms with Gasteiger partial charge >= 0.3 is 0 Å². The smallest absolute Gasteiger partial charge is 0.225 e. The summed E-state index contributed by atoms with van der Waals surface area (Å²) in [5, 5.41) is 0. The topological polar surface area (TPSA) is 52.6 Å². The third-order valence-corrected chi connectivity index (χ3v) is 6.33. The molecule has 156 valence electrons. The van der Waals surface area contributed by atoms with Crippen LogP contribution >= 0.6 is 0 Å². The van der Waals surface area contributed by atoms with E-state index in [1.54, 1.807) is 0 Å². The first-order valence-corrected chi connectivity index (χ1v) is 11.2. The molecule has 2 aliphatic rings. The fourth-order valence-corrected chi connectivity index (χ4v) is 4.45. The highest BCUT2D eigenvalue weighted by atomic mass is 16.2. The van der Waals surface area contributed by atoms with E-state index < -0.39 is 0 Å². The molecule has 0 saturated carbocycles. The van der Waals surface area contributed by atoms with Crippen LogP contribution in [0.1, 0.15) is 63.5 Å². The van der Waals surface area contributed by atoms with Gasteiger partial charge in [-0.25, -0.2) is 9.97 Å². The molecular weight excluding hydrogens is 350 g/mol. The molecule has 0 radical (unpaired) electrons. The first-order valence-electron chi connectivity index (χ1n) is 11.2. The Labute approximate surface area is 170 Å². The Balaban J connectivity index is 1.78. The number of hydrogen-bond donors (Lipinski definition) is 0. The van der Waals surface area contributed by atoms with Crippen molar-refractivity contribution in [1.82, 2.24) is 19.8 Å². The third-order valence-electron chi connectivity index (χ3n) is 6.33. The number of piperazine rings is 1. The highest BCUT2D eigenvalue weighted by Gasteiger charge is 2.30. The van der Waals surface area contributed by atoms with Crippen LogP contribution in [-0.2, 0) is 17.8 Å². The van der Waals surface area contributed by atoms with Crippen LogP contribution in [0.2, 0.25) is 0 Å². The quantitative estimate of drug-likeness (QED) is 0.720. The summed E-state index contributed by atoms with van der Waals surface area (Å²) in [6.07, 6.45) is 5.05. The summed E-state index contributed by atoms with van der Waals surface area (Å²) in [5.74, 6) is 2.39. The molecule has 0 aromatic carbocycles. The molecule has 1 saturated heterocycles. The molecule has 1 amide bonds. The summed E-state index contributed by atoms with van der Waals surface area (Å²) in [6.45, 7) is 15.2. The van der Waals surface area contributed by atoms with Crippen LogP contribution in [0.5, 0.6) is 0 Å². The minimum absolute atomic E-state index is 0.157. The van der Waals surface area contributed by atoms with Crippen molar-refractivity contribution in [2.45, 2.75) is 66.3 Å². The molecule has 0 N–H and O–H groups in total. The van der Waals surface area contributed by atoms with Crippen LogP contribution in [0.4, 0.5) is 5.82 Å². The van der Waals surface area contributed by atoms with Crippen molar-refractivity contribution < 1.29 is 4.79 Å².